The van der Waals surface area contributed by atoms with Gasteiger partial charge in [-0.3, -0.25) is 4.90 Å². The first-order valence-electron chi connectivity index (χ1n) is 11.2. The minimum absolute atomic E-state index is 0.0201. The first-order chi connectivity index (χ1) is 16.8. The molecule has 1 aliphatic rings. The van der Waals surface area contributed by atoms with Gasteiger partial charge in [0.15, 0.2) is 0 Å². The van der Waals surface area contributed by atoms with E-state index < -0.39 is 12.6 Å². The minimum Gasteiger partial charge on any atom is -0.396 e. The van der Waals surface area contributed by atoms with E-state index in [0.717, 1.165) is 47.3 Å². The van der Waals surface area contributed by atoms with Gasteiger partial charge in [0.25, 0.3) is 0 Å². The molecule has 0 spiro atoms. The fourth-order valence-corrected chi connectivity index (χ4v) is 5.73. The van der Waals surface area contributed by atoms with Crippen molar-refractivity contribution in [3.05, 3.63) is 52.8 Å². The lowest BCUT2D eigenvalue weighted by Crippen LogP contribution is -2.47. The molecule has 11 heteroatoms. The number of likely N-dealkylation sites (tertiary alicyclic amines) is 1. The Kier molecular flexibility index (Phi) is 6.35. The number of alkyl halides is 3. The third kappa shape index (κ3) is 5.24. The van der Waals surface area contributed by atoms with Crippen LogP contribution in [0.1, 0.15) is 22.6 Å². The Bertz CT molecular complexity index is 1390. The molecule has 1 aromatic carbocycles. The third-order valence-corrected chi connectivity index (χ3v) is 7.38. The molecule has 0 amide bonds. The van der Waals surface area contributed by atoms with Crippen molar-refractivity contribution in [3.63, 3.8) is 0 Å². The van der Waals surface area contributed by atoms with E-state index in [-0.39, 0.29) is 23.4 Å². The fourth-order valence-electron chi connectivity index (χ4n) is 4.71. The van der Waals surface area contributed by atoms with Crippen LogP contribution in [0.2, 0.25) is 0 Å². The first-order valence-corrected chi connectivity index (χ1v) is 12.0. The Morgan fingerprint density at radius 3 is 2.89 bits per heavy atom. The molecule has 3 N–H and O–H groups in total. The summed E-state index contributed by atoms with van der Waals surface area (Å²) in [4.78, 5) is 14.5. The lowest BCUT2D eigenvalue weighted by molar-refractivity contribution is -0.126. The predicted octanol–water partition coefficient (Wildman–Crippen LogP) is 4.44. The smallest absolute Gasteiger partial charge is 0.393 e. The Morgan fingerprint density at radius 1 is 1.26 bits per heavy atom. The number of benzene rings is 1. The zero-order valence-electron chi connectivity index (χ0n) is 18.6. The van der Waals surface area contributed by atoms with Crippen LogP contribution in [0, 0.1) is 17.2 Å². The van der Waals surface area contributed by atoms with Gasteiger partial charge in [-0.2, -0.15) is 18.4 Å². The van der Waals surface area contributed by atoms with Gasteiger partial charge >= 0.3 is 6.18 Å². The molecule has 0 aliphatic carbocycles. The molecule has 0 unspecified atom stereocenters. The van der Waals surface area contributed by atoms with Crippen molar-refractivity contribution in [1.82, 2.24) is 19.9 Å². The number of thiophene rings is 1. The lowest BCUT2D eigenvalue weighted by Gasteiger charge is -2.38. The molecular weight excluding hydrogens is 477 g/mol. The second kappa shape index (κ2) is 9.45. The highest BCUT2D eigenvalue weighted by atomic mass is 32.1. The van der Waals surface area contributed by atoms with Crippen LogP contribution in [-0.4, -0.2) is 56.9 Å². The highest BCUT2D eigenvalue weighted by Crippen LogP contribution is 2.33. The van der Waals surface area contributed by atoms with Crippen molar-refractivity contribution in [2.45, 2.75) is 31.6 Å². The number of hydrogen-bond donors (Lipinski definition) is 3. The molecule has 1 fully saturated rings. The van der Waals surface area contributed by atoms with Crippen LogP contribution in [0.5, 0.6) is 0 Å². The second-order valence-electron chi connectivity index (χ2n) is 8.88. The third-order valence-electron chi connectivity index (χ3n) is 6.34. The van der Waals surface area contributed by atoms with Crippen LogP contribution < -0.4 is 5.32 Å². The largest absolute Gasteiger partial charge is 0.396 e. The number of aliphatic hydroxyl groups is 1. The Hall–Kier alpha value is -3.20. The van der Waals surface area contributed by atoms with E-state index in [9.17, 15) is 18.3 Å². The molecule has 0 saturated carbocycles. The van der Waals surface area contributed by atoms with Crippen LogP contribution in [0.15, 0.2) is 36.7 Å². The highest BCUT2D eigenvalue weighted by molar-refractivity contribution is 7.18. The van der Waals surface area contributed by atoms with Crippen LogP contribution in [0.25, 0.3) is 21.1 Å². The number of aliphatic hydroxyl groups excluding tert-OH is 1. The van der Waals surface area contributed by atoms with E-state index in [1.165, 1.54) is 12.4 Å². The average molecular weight is 501 g/mol. The highest BCUT2D eigenvalue weighted by Gasteiger charge is 2.31. The first kappa shape index (κ1) is 23.5. The van der Waals surface area contributed by atoms with Gasteiger partial charge in [0.1, 0.15) is 28.7 Å². The number of piperidine rings is 1. The molecule has 4 heterocycles. The van der Waals surface area contributed by atoms with E-state index in [2.05, 4.69) is 37.3 Å². The normalized spacial score (nSPS) is 19.3. The summed E-state index contributed by atoms with van der Waals surface area (Å²) in [6.07, 6.45) is -3.16. The van der Waals surface area contributed by atoms with Gasteiger partial charge in [-0.15, -0.1) is 11.3 Å². The monoisotopic (exact) mass is 500 g/mol. The Labute approximate surface area is 203 Å². The molecule has 1 saturated heterocycles. The summed E-state index contributed by atoms with van der Waals surface area (Å²) in [7, 11) is 0. The van der Waals surface area contributed by atoms with Crippen molar-refractivity contribution in [2.75, 3.05) is 25.0 Å². The van der Waals surface area contributed by atoms with Crippen LogP contribution in [0.4, 0.5) is 19.0 Å². The van der Waals surface area contributed by atoms with Crippen molar-refractivity contribution in [1.29, 1.82) is 5.26 Å². The minimum atomic E-state index is -4.28. The summed E-state index contributed by atoms with van der Waals surface area (Å²) in [5, 5.41) is 24.1. The van der Waals surface area contributed by atoms with Gasteiger partial charge < -0.3 is 15.4 Å². The van der Waals surface area contributed by atoms with E-state index in [1.54, 1.807) is 0 Å². The SMILES string of the molecule is N#Cc1cc2cc(CN3CC[C@H](Nc4ncnc5sc(CC(F)(F)F)cc45)[C@H](CO)C3)ccc2[nH]1. The maximum Gasteiger partial charge on any atom is 0.393 e. The molecule has 35 heavy (non-hydrogen) atoms. The number of hydrogen-bond acceptors (Lipinski definition) is 7. The lowest BCUT2D eigenvalue weighted by atomic mass is 9.92. The fraction of sp³-hybridized carbons (Fsp3) is 0.375. The second-order valence-corrected chi connectivity index (χ2v) is 9.99. The molecule has 3 aromatic heterocycles. The van der Waals surface area contributed by atoms with E-state index in [1.807, 2.05) is 18.2 Å². The summed E-state index contributed by atoms with van der Waals surface area (Å²) < 4.78 is 38.5. The number of nitrogens with zero attached hydrogens (tertiary/aromatic N) is 4. The Balaban J connectivity index is 1.27. The van der Waals surface area contributed by atoms with Crippen LogP contribution in [0.3, 0.4) is 0 Å². The molecular formula is C24H23F3N6OS. The van der Waals surface area contributed by atoms with Gasteiger partial charge in [-0.25, -0.2) is 9.97 Å². The summed E-state index contributed by atoms with van der Waals surface area (Å²) in [6, 6.07) is 11.5. The molecule has 7 nitrogen and oxygen atoms in total. The molecule has 1 aliphatic heterocycles. The molecule has 5 rings (SSSR count). The zero-order chi connectivity index (χ0) is 24.6. The average Bonchev–Trinajstić information content (AvgIpc) is 3.42. The summed E-state index contributed by atoms with van der Waals surface area (Å²) in [5.41, 5.74) is 2.57. The summed E-state index contributed by atoms with van der Waals surface area (Å²) in [5.74, 6) is 0.436. The van der Waals surface area contributed by atoms with E-state index in [0.29, 0.717) is 28.3 Å². The molecule has 2 atom stereocenters. The zero-order valence-corrected chi connectivity index (χ0v) is 19.5. The predicted molar refractivity (Wildman–Crippen MR) is 128 cm³/mol. The van der Waals surface area contributed by atoms with Gasteiger partial charge in [-0.1, -0.05) is 6.07 Å². The Morgan fingerprint density at radius 2 is 2.11 bits per heavy atom. The number of fused-ring (bicyclic) bond motifs is 2. The van der Waals surface area contributed by atoms with Crippen molar-refractivity contribution >= 4 is 38.3 Å². The van der Waals surface area contributed by atoms with E-state index >= 15 is 0 Å². The topological polar surface area (TPSA) is 101 Å². The van der Waals surface area contributed by atoms with Gasteiger partial charge in [0.05, 0.1) is 11.8 Å². The van der Waals surface area contributed by atoms with Gasteiger partial charge in [-0.05, 0) is 36.2 Å². The maximum absolute atomic E-state index is 12.8. The number of halogens is 3. The maximum atomic E-state index is 12.8. The number of rotatable bonds is 6. The molecule has 0 bridgehead atoms. The van der Waals surface area contributed by atoms with Gasteiger partial charge in [0.2, 0.25) is 0 Å². The summed E-state index contributed by atoms with van der Waals surface area (Å²) >= 11 is 1.02. The van der Waals surface area contributed by atoms with Gasteiger partial charge in [0, 0.05) is 54.0 Å². The number of anilines is 1. The van der Waals surface area contributed by atoms with Crippen LogP contribution in [-0.2, 0) is 13.0 Å². The number of aromatic nitrogens is 3. The number of nitriles is 1. The quantitative estimate of drug-likeness (QED) is 0.362. The molecule has 182 valence electrons. The standard InChI is InChI=1S/C24H23F3N6OS/c25-24(26,27)8-18-7-19-22(29-13-30-23(19)35-18)32-21-3-4-33(11-16(21)12-34)10-14-1-2-20-15(5-14)6-17(9-28)31-20/h1-2,5-7,13,16,21,31,34H,3-4,8,10-12H2,(H,29,30,32)/t16-,21-/m0/s1. The number of H-pyrrole nitrogens is 1. The van der Waals surface area contributed by atoms with E-state index in [4.69, 9.17) is 5.26 Å². The van der Waals surface area contributed by atoms with Crippen LogP contribution >= 0.6 is 11.3 Å². The number of nitrogens with one attached hydrogen (secondary N) is 2. The summed E-state index contributed by atoms with van der Waals surface area (Å²) in [6.45, 7) is 2.16. The van der Waals surface area contributed by atoms with Crippen molar-refractivity contribution in [3.8, 4) is 6.07 Å². The van der Waals surface area contributed by atoms with Crippen molar-refractivity contribution in [2.24, 2.45) is 5.92 Å². The molecule has 0 radical (unpaired) electrons. The molecule has 4 aromatic rings. The number of aromatic amines is 1. The van der Waals surface area contributed by atoms with Crippen molar-refractivity contribution < 1.29 is 18.3 Å².